The Morgan fingerprint density at radius 3 is 2.59 bits per heavy atom. The quantitative estimate of drug-likeness (QED) is 0.141. The lowest BCUT2D eigenvalue weighted by atomic mass is 10.1. The highest BCUT2D eigenvalue weighted by Crippen LogP contribution is 2.18. The van der Waals surface area contributed by atoms with Gasteiger partial charge < -0.3 is 25.3 Å². The van der Waals surface area contributed by atoms with Crippen LogP contribution >= 0.6 is 24.0 Å². The van der Waals surface area contributed by atoms with E-state index in [4.69, 9.17) is 4.74 Å². The first-order valence-corrected chi connectivity index (χ1v) is 11.7. The Hall–Kier alpha value is -2.75. The zero-order valence-electron chi connectivity index (χ0n) is 19.6. The SMILES string of the molecule is CN=C(NCCCn1ccc2ccccc21)NCCc1ccc(OCC(=O)NC2CC2)cc1.I. The minimum Gasteiger partial charge on any atom is -0.484 e. The van der Waals surface area contributed by atoms with Gasteiger partial charge in [0.25, 0.3) is 5.91 Å². The molecule has 0 atom stereocenters. The lowest BCUT2D eigenvalue weighted by Crippen LogP contribution is -2.38. The fourth-order valence-corrected chi connectivity index (χ4v) is 3.74. The van der Waals surface area contributed by atoms with E-state index in [0.29, 0.717) is 11.8 Å². The lowest BCUT2D eigenvalue weighted by molar-refractivity contribution is -0.123. The molecule has 1 amide bonds. The average molecular weight is 575 g/mol. The van der Waals surface area contributed by atoms with E-state index in [-0.39, 0.29) is 36.5 Å². The van der Waals surface area contributed by atoms with Crippen molar-refractivity contribution in [1.82, 2.24) is 20.5 Å². The summed E-state index contributed by atoms with van der Waals surface area (Å²) in [7, 11) is 1.79. The van der Waals surface area contributed by atoms with Crippen molar-refractivity contribution in [1.29, 1.82) is 0 Å². The predicted octanol–water partition coefficient (Wildman–Crippen LogP) is 3.71. The van der Waals surface area contributed by atoms with Crippen molar-refractivity contribution >= 4 is 46.7 Å². The van der Waals surface area contributed by atoms with Gasteiger partial charge in [-0.3, -0.25) is 9.79 Å². The number of halogens is 1. The zero-order valence-corrected chi connectivity index (χ0v) is 22.0. The summed E-state index contributed by atoms with van der Waals surface area (Å²) in [5, 5.41) is 11.0. The van der Waals surface area contributed by atoms with Crippen molar-refractivity contribution in [3.63, 3.8) is 0 Å². The number of carbonyl (C=O) groups excluding carboxylic acids is 1. The van der Waals surface area contributed by atoms with E-state index in [2.05, 4.69) is 62.0 Å². The third-order valence-corrected chi connectivity index (χ3v) is 5.71. The minimum absolute atomic E-state index is 0. The topological polar surface area (TPSA) is 79.7 Å². The molecular formula is C26H34IN5O2. The van der Waals surface area contributed by atoms with Crippen LogP contribution in [0.3, 0.4) is 0 Å². The lowest BCUT2D eigenvalue weighted by Gasteiger charge is -2.13. The number of guanidine groups is 1. The first-order chi connectivity index (χ1) is 16.2. The molecular weight excluding hydrogens is 541 g/mol. The number of ether oxygens (including phenoxy) is 1. The number of fused-ring (bicyclic) bond motifs is 1. The normalized spacial score (nSPS) is 13.3. The Kier molecular flexibility index (Phi) is 10.1. The fraction of sp³-hybridized carbons (Fsp3) is 0.385. The largest absolute Gasteiger partial charge is 0.484 e. The molecule has 1 fully saturated rings. The number of aliphatic imine (C=N–C) groups is 1. The summed E-state index contributed by atoms with van der Waals surface area (Å²) < 4.78 is 7.85. The second-order valence-electron chi connectivity index (χ2n) is 8.37. The number of nitrogens with zero attached hydrogens (tertiary/aromatic N) is 2. The number of carbonyl (C=O) groups is 1. The molecule has 0 spiro atoms. The van der Waals surface area contributed by atoms with Crippen molar-refractivity contribution in [3.05, 3.63) is 66.4 Å². The number of aromatic nitrogens is 1. The number of amides is 1. The van der Waals surface area contributed by atoms with Gasteiger partial charge in [0, 0.05) is 44.4 Å². The van der Waals surface area contributed by atoms with Crippen LogP contribution in [-0.4, -0.2) is 49.2 Å². The number of nitrogens with one attached hydrogen (secondary N) is 3. The molecule has 182 valence electrons. The molecule has 7 nitrogen and oxygen atoms in total. The Morgan fingerprint density at radius 1 is 1.06 bits per heavy atom. The van der Waals surface area contributed by atoms with Gasteiger partial charge in [0.1, 0.15) is 5.75 Å². The van der Waals surface area contributed by atoms with E-state index in [1.165, 1.54) is 16.5 Å². The highest BCUT2D eigenvalue weighted by Gasteiger charge is 2.23. The molecule has 1 aliphatic carbocycles. The fourth-order valence-electron chi connectivity index (χ4n) is 3.74. The molecule has 0 unspecified atom stereocenters. The smallest absolute Gasteiger partial charge is 0.258 e. The molecule has 8 heteroatoms. The second kappa shape index (κ2) is 13.2. The highest BCUT2D eigenvalue weighted by molar-refractivity contribution is 14.0. The van der Waals surface area contributed by atoms with Crippen LogP contribution in [0.15, 0.2) is 65.8 Å². The van der Waals surface area contributed by atoms with Gasteiger partial charge in [-0.15, -0.1) is 24.0 Å². The van der Waals surface area contributed by atoms with Crippen molar-refractivity contribution in [2.45, 2.75) is 38.3 Å². The molecule has 2 aromatic carbocycles. The summed E-state index contributed by atoms with van der Waals surface area (Å²) >= 11 is 0. The number of para-hydroxylation sites is 1. The molecule has 1 heterocycles. The molecule has 34 heavy (non-hydrogen) atoms. The second-order valence-corrected chi connectivity index (χ2v) is 8.37. The van der Waals surface area contributed by atoms with E-state index in [1.54, 1.807) is 7.05 Å². The van der Waals surface area contributed by atoms with Gasteiger partial charge in [0.2, 0.25) is 0 Å². The van der Waals surface area contributed by atoms with Gasteiger partial charge in [0.15, 0.2) is 12.6 Å². The first kappa shape index (κ1) is 25.9. The van der Waals surface area contributed by atoms with Gasteiger partial charge in [-0.1, -0.05) is 30.3 Å². The summed E-state index contributed by atoms with van der Waals surface area (Å²) in [5.41, 5.74) is 2.48. The average Bonchev–Trinajstić information content (AvgIpc) is 3.56. The molecule has 0 saturated heterocycles. The molecule has 1 aromatic heterocycles. The molecule has 4 rings (SSSR count). The molecule has 1 saturated carbocycles. The maximum absolute atomic E-state index is 11.7. The van der Waals surface area contributed by atoms with Crippen LogP contribution in [0.2, 0.25) is 0 Å². The Labute approximate surface area is 218 Å². The molecule has 3 aromatic rings. The minimum atomic E-state index is -0.0497. The monoisotopic (exact) mass is 575 g/mol. The van der Waals surface area contributed by atoms with Gasteiger partial charge in [-0.05, 0) is 60.9 Å². The Bertz CT molecular complexity index is 1080. The van der Waals surface area contributed by atoms with Gasteiger partial charge in [0.05, 0.1) is 0 Å². The number of hydrogen-bond acceptors (Lipinski definition) is 3. The van der Waals surface area contributed by atoms with Crippen LogP contribution in [0.25, 0.3) is 10.9 Å². The summed E-state index contributed by atoms with van der Waals surface area (Å²) in [6, 6.07) is 18.9. The van der Waals surface area contributed by atoms with Crippen LogP contribution < -0.4 is 20.7 Å². The molecule has 1 aliphatic rings. The number of benzene rings is 2. The van der Waals surface area contributed by atoms with Crippen LogP contribution in [0.4, 0.5) is 0 Å². The van der Waals surface area contributed by atoms with Gasteiger partial charge in [-0.2, -0.15) is 0 Å². The van der Waals surface area contributed by atoms with Gasteiger partial charge in [-0.25, -0.2) is 0 Å². The maximum atomic E-state index is 11.7. The molecule has 0 bridgehead atoms. The number of hydrogen-bond donors (Lipinski definition) is 3. The molecule has 0 radical (unpaired) electrons. The standard InChI is InChI=1S/C26H33N5O2.HI/c1-27-26(28-15-4-17-31-18-14-21-5-2-3-6-24(21)31)29-16-13-20-7-11-23(12-8-20)33-19-25(32)30-22-9-10-22;/h2-3,5-8,11-12,14,18,22H,4,9-10,13,15-17,19H2,1H3,(H,30,32)(H2,27,28,29);1H. The van der Waals surface area contributed by atoms with E-state index in [1.807, 2.05) is 24.3 Å². The van der Waals surface area contributed by atoms with Crippen molar-refractivity contribution in [3.8, 4) is 5.75 Å². The number of rotatable bonds is 11. The van der Waals surface area contributed by atoms with Crippen LogP contribution in [0, 0.1) is 0 Å². The Morgan fingerprint density at radius 2 is 1.82 bits per heavy atom. The zero-order chi connectivity index (χ0) is 22.9. The van der Waals surface area contributed by atoms with Crippen molar-refractivity contribution < 1.29 is 9.53 Å². The van der Waals surface area contributed by atoms with E-state index < -0.39 is 0 Å². The summed E-state index contributed by atoms with van der Waals surface area (Å²) in [6.07, 6.45) is 6.20. The van der Waals surface area contributed by atoms with E-state index in [0.717, 1.165) is 51.3 Å². The van der Waals surface area contributed by atoms with Crippen LogP contribution in [0.5, 0.6) is 5.75 Å². The third kappa shape index (κ3) is 7.93. The molecule has 3 N–H and O–H groups in total. The van der Waals surface area contributed by atoms with Crippen LogP contribution in [0.1, 0.15) is 24.8 Å². The van der Waals surface area contributed by atoms with Gasteiger partial charge >= 0.3 is 0 Å². The molecule has 0 aliphatic heterocycles. The maximum Gasteiger partial charge on any atom is 0.258 e. The summed E-state index contributed by atoms with van der Waals surface area (Å²) in [4.78, 5) is 16.0. The third-order valence-electron chi connectivity index (χ3n) is 5.71. The summed E-state index contributed by atoms with van der Waals surface area (Å²) in [6.45, 7) is 2.67. The number of aryl methyl sites for hydroxylation is 1. The highest BCUT2D eigenvalue weighted by atomic mass is 127. The van der Waals surface area contributed by atoms with Crippen molar-refractivity contribution in [2.24, 2.45) is 4.99 Å². The van der Waals surface area contributed by atoms with E-state index >= 15 is 0 Å². The Balaban J connectivity index is 0.00000324. The predicted molar refractivity (Wildman–Crippen MR) is 148 cm³/mol. The summed E-state index contributed by atoms with van der Waals surface area (Å²) in [5.74, 6) is 1.48. The first-order valence-electron chi connectivity index (χ1n) is 11.7. The van der Waals surface area contributed by atoms with Crippen molar-refractivity contribution in [2.75, 3.05) is 26.7 Å². The van der Waals surface area contributed by atoms with Crippen LogP contribution in [-0.2, 0) is 17.8 Å². The van der Waals surface area contributed by atoms with E-state index in [9.17, 15) is 4.79 Å².